The molecule has 0 spiro atoms. The normalized spacial score (nSPS) is 36.2. The highest BCUT2D eigenvalue weighted by atomic mass is 16.7. The van der Waals surface area contributed by atoms with Crippen LogP contribution in [0.4, 0.5) is 0 Å². The lowest BCUT2D eigenvalue weighted by molar-refractivity contribution is -0.172. The molecule has 0 saturated carbocycles. The third-order valence-corrected chi connectivity index (χ3v) is 5.11. The Morgan fingerprint density at radius 2 is 2.17 bits per heavy atom. The van der Waals surface area contributed by atoms with Gasteiger partial charge in [-0.05, 0) is 20.3 Å². The Kier molecular flexibility index (Phi) is 3.79. The van der Waals surface area contributed by atoms with Gasteiger partial charge in [0, 0.05) is 0 Å². The van der Waals surface area contributed by atoms with E-state index in [4.69, 9.17) is 25.5 Å². The van der Waals surface area contributed by atoms with Gasteiger partial charge in [0.2, 0.25) is 0 Å². The van der Waals surface area contributed by atoms with Gasteiger partial charge in [-0.15, -0.1) is 0 Å². The van der Waals surface area contributed by atoms with Crippen LogP contribution in [0.25, 0.3) is 4.85 Å². The van der Waals surface area contributed by atoms with Gasteiger partial charge in [0.25, 0.3) is 0 Å². The maximum atomic E-state index is 11.9. The fourth-order valence-electron chi connectivity index (χ4n) is 3.20. The number of fused-ring (bicyclic) bond motifs is 1. The number of carbonyl (C=O) groups is 3. The summed E-state index contributed by atoms with van der Waals surface area (Å²) in [7, 11) is 0. The highest BCUT2D eigenvalue weighted by molar-refractivity contribution is 5.88. The van der Waals surface area contributed by atoms with Crippen molar-refractivity contribution in [3.05, 3.63) is 11.4 Å². The minimum Gasteiger partial charge on any atom is -0.453 e. The molecular weight excluding hydrogens is 318 g/mol. The zero-order valence-electron chi connectivity index (χ0n) is 13.7. The van der Waals surface area contributed by atoms with E-state index in [0.29, 0.717) is 6.42 Å². The molecule has 2 bridgehead atoms. The molecule has 8 nitrogen and oxygen atoms in total. The number of hydrogen-bond acceptors (Lipinski definition) is 7. The third kappa shape index (κ3) is 2.26. The van der Waals surface area contributed by atoms with E-state index in [0.717, 1.165) is 0 Å². The Morgan fingerprint density at radius 3 is 2.79 bits per heavy atom. The molecule has 3 fully saturated rings. The number of carbonyl (C=O) groups excluding carboxylic acids is 3. The molecule has 24 heavy (non-hydrogen) atoms. The Bertz CT molecular complexity index is 637. The summed E-state index contributed by atoms with van der Waals surface area (Å²) in [5.74, 6) is -1.83. The van der Waals surface area contributed by atoms with Crippen molar-refractivity contribution < 1.29 is 33.3 Å². The van der Waals surface area contributed by atoms with Gasteiger partial charge in [-0.25, -0.2) is 16.2 Å². The summed E-state index contributed by atoms with van der Waals surface area (Å²) in [6, 6.07) is 0. The molecule has 130 valence electrons. The molecule has 0 aromatic carbocycles. The van der Waals surface area contributed by atoms with Crippen LogP contribution in [0.5, 0.6) is 0 Å². The van der Waals surface area contributed by atoms with Crippen LogP contribution >= 0.6 is 0 Å². The topological polar surface area (TPSA) is 92.5 Å². The van der Waals surface area contributed by atoms with Crippen molar-refractivity contribution in [2.45, 2.75) is 63.6 Å². The molecule has 5 unspecified atom stereocenters. The van der Waals surface area contributed by atoms with Gasteiger partial charge in [0.05, 0.1) is 11.8 Å². The number of rotatable bonds is 5. The van der Waals surface area contributed by atoms with Crippen molar-refractivity contribution in [2.75, 3.05) is 6.61 Å². The van der Waals surface area contributed by atoms with Crippen molar-refractivity contribution in [1.82, 2.24) is 0 Å². The predicted octanol–water partition coefficient (Wildman–Crippen LogP) is 0.632. The fraction of sp³-hybridized carbons (Fsp3) is 0.750. The first-order valence-electron chi connectivity index (χ1n) is 7.87. The first-order chi connectivity index (χ1) is 11.2. The van der Waals surface area contributed by atoms with Crippen molar-refractivity contribution in [3.63, 3.8) is 0 Å². The minimum absolute atomic E-state index is 0.150. The highest BCUT2D eigenvalue weighted by Crippen LogP contribution is 2.52. The average Bonchev–Trinajstić information content (AvgIpc) is 3.14. The summed E-state index contributed by atoms with van der Waals surface area (Å²) >= 11 is 0. The number of hydrogen-bond donors (Lipinski definition) is 0. The van der Waals surface area contributed by atoms with Crippen molar-refractivity contribution >= 4 is 17.9 Å². The molecule has 3 aliphatic heterocycles. The summed E-state index contributed by atoms with van der Waals surface area (Å²) in [5.41, 5.74) is -1.97. The van der Waals surface area contributed by atoms with E-state index in [9.17, 15) is 14.4 Å². The Balaban J connectivity index is 1.57. The molecule has 0 aromatic rings. The van der Waals surface area contributed by atoms with E-state index in [1.54, 1.807) is 13.8 Å². The molecule has 0 N–H and O–H groups in total. The summed E-state index contributed by atoms with van der Waals surface area (Å²) in [5, 5.41) is 0. The average molecular weight is 337 g/mol. The van der Waals surface area contributed by atoms with Gasteiger partial charge < -0.3 is 18.9 Å². The van der Waals surface area contributed by atoms with Crippen LogP contribution in [-0.4, -0.2) is 54.5 Å². The SMILES string of the molecule is [C-]#[N+]C12CC3OC1C(OC2=O)C3OC(=O)COC(=O)C(C)(C)CC. The monoisotopic (exact) mass is 337 g/mol. The zero-order chi connectivity index (χ0) is 17.7. The molecule has 3 aliphatic rings. The van der Waals surface area contributed by atoms with E-state index >= 15 is 0 Å². The van der Waals surface area contributed by atoms with E-state index in [1.807, 2.05) is 6.92 Å². The second kappa shape index (κ2) is 5.45. The molecule has 0 amide bonds. The van der Waals surface area contributed by atoms with Gasteiger partial charge in [-0.2, -0.15) is 0 Å². The summed E-state index contributed by atoms with van der Waals surface area (Å²) in [4.78, 5) is 39.1. The van der Waals surface area contributed by atoms with Crippen molar-refractivity contribution in [1.29, 1.82) is 0 Å². The minimum atomic E-state index is -1.30. The first-order valence-corrected chi connectivity index (χ1v) is 7.87. The van der Waals surface area contributed by atoms with E-state index < -0.39 is 59.9 Å². The maximum absolute atomic E-state index is 11.9. The Hall–Kier alpha value is -2.14. The zero-order valence-corrected chi connectivity index (χ0v) is 13.7. The fourth-order valence-corrected chi connectivity index (χ4v) is 3.20. The lowest BCUT2D eigenvalue weighted by atomic mass is 9.82. The molecule has 3 rings (SSSR count). The largest absolute Gasteiger partial charge is 0.453 e. The van der Waals surface area contributed by atoms with Gasteiger partial charge in [0.15, 0.2) is 24.9 Å². The second-order valence-corrected chi connectivity index (χ2v) is 6.97. The predicted molar refractivity (Wildman–Crippen MR) is 77.4 cm³/mol. The van der Waals surface area contributed by atoms with Crippen LogP contribution in [0, 0.1) is 12.0 Å². The quantitative estimate of drug-likeness (QED) is 0.413. The molecular formula is C16H19NO7. The third-order valence-electron chi connectivity index (χ3n) is 5.11. The number of nitrogens with zero attached hydrogens (tertiary/aromatic N) is 1. The Morgan fingerprint density at radius 1 is 1.46 bits per heavy atom. The van der Waals surface area contributed by atoms with E-state index in [1.165, 1.54) is 0 Å². The van der Waals surface area contributed by atoms with E-state index in [-0.39, 0.29) is 6.42 Å². The lowest BCUT2D eigenvalue weighted by Gasteiger charge is -2.23. The standard InChI is InChI=1S/C16H19NO7/c1-5-15(2,3)13(19)21-7-9(18)23-10-8-6-16(17-4)12(22-8)11(10)24-14(16)20/h8,10-12H,5-7H2,1-3H3. The number of ether oxygens (including phenoxy) is 4. The van der Waals surface area contributed by atoms with Crippen LogP contribution in [0.15, 0.2) is 0 Å². The van der Waals surface area contributed by atoms with E-state index in [2.05, 4.69) is 4.85 Å². The smallest absolute Gasteiger partial charge is 0.397 e. The maximum Gasteiger partial charge on any atom is 0.397 e. The summed E-state index contributed by atoms with van der Waals surface area (Å²) in [6.07, 6.45) is -2.05. The van der Waals surface area contributed by atoms with Crippen LogP contribution in [0.1, 0.15) is 33.6 Å². The van der Waals surface area contributed by atoms with Crippen LogP contribution < -0.4 is 0 Å². The lowest BCUT2D eigenvalue weighted by Crippen LogP contribution is -2.47. The molecule has 5 atom stereocenters. The van der Waals surface area contributed by atoms with Crippen molar-refractivity contribution in [3.8, 4) is 0 Å². The number of esters is 3. The van der Waals surface area contributed by atoms with Gasteiger partial charge in [0.1, 0.15) is 6.10 Å². The summed E-state index contributed by atoms with van der Waals surface area (Å²) in [6.45, 7) is 12.0. The van der Waals surface area contributed by atoms with Crippen LogP contribution in [0.2, 0.25) is 0 Å². The van der Waals surface area contributed by atoms with Crippen LogP contribution in [-0.2, 0) is 33.3 Å². The molecule has 3 saturated heterocycles. The van der Waals surface area contributed by atoms with Gasteiger partial charge in [-0.1, -0.05) is 6.92 Å². The molecule has 0 aromatic heterocycles. The second-order valence-electron chi connectivity index (χ2n) is 6.97. The van der Waals surface area contributed by atoms with Crippen molar-refractivity contribution in [2.24, 2.45) is 5.41 Å². The summed E-state index contributed by atoms with van der Waals surface area (Å²) < 4.78 is 21.0. The molecule has 3 heterocycles. The first kappa shape index (κ1) is 16.7. The highest BCUT2D eigenvalue weighted by Gasteiger charge is 2.79. The molecule has 0 radical (unpaired) electrons. The van der Waals surface area contributed by atoms with Gasteiger partial charge >= 0.3 is 23.4 Å². The van der Waals surface area contributed by atoms with Crippen LogP contribution in [0.3, 0.4) is 0 Å². The Labute approximate surface area is 139 Å². The van der Waals surface area contributed by atoms with Gasteiger partial charge in [-0.3, -0.25) is 9.64 Å². The molecule has 0 aliphatic carbocycles. The molecule has 8 heteroatoms.